The second-order valence-electron chi connectivity index (χ2n) is 8.25. The lowest BCUT2D eigenvalue weighted by molar-refractivity contribution is 0.218. The SMILES string of the molecule is NCc1ccnc(OCC2CC(c3ccccc3F)CN2S(=O)(=O)N2CCS(=O)(=O)CC2)c1. The first kappa shape index (κ1) is 24.0. The number of aromatic nitrogens is 1. The summed E-state index contributed by atoms with van der Waals surface area (Å²) in [4.78, 5) is 4.15. The Balaban J connectivity index is 1.57. The molecule has 0 aliphatic carbocycles. The van der Waals surface area contributed by atoms with Crippen LogP contribution in [0, 0.1) is 5.82 Å². The Bertz CT molecular complexity index is 1190. The summed E-state index contributed by atoms with van der Waals surface area (Å²) < 4.78 is 73.3. The minimum atomic E-state index is -3.97. The highest BCUT2D eigenvalue weighted by atomic mass is 32.2. The van der Waals surface area contributed by atoms with E-state index in [1.165, 1.54) is 14.7 Å². The number of nitrogens with two attached hydrogens (primary N) is 1. The van der Waals surface area contributed by atoms with Crippen LogP contribution in [0.4, 0.5) is 4.39 Å². The van der Waals surface area contributed by atoms with Crippen molar-refractivity contribution in [2.75, 3.05) is 37.7 Å². The molecule has 0 bridgehead atoms. The molecule has 33 heavy (non-hydrogen) atoms. The summed E-state index contributed by atoms with van der Waals surface area (Å²) in [7, 11) is -7.22. The van der Waals surface area contributed by atoms with Crippen molar-refractivity contribution in [2.45, 2.75) is 24.9 Å². The summed E-state index contributed by atoms with van der Waals surface area (Å²) in [6.07, 6.45) is 1.93. The number of ether oxygens (including phenoxy) is 1. The van der Waals surface area contributed by atoms with E-state index in [4.69, 9.17) is 10.5 Å². The van der Waals surface area contributed by atoms with Crippen LogP contribution in [0.25, 0.3) is 0 Å². The minimum Gasteiger partial charge on any atom is -0.476 e. The number of sulfone groups is 1. The molecular weight excluding hydrogens is 471 g/mol. The summed E-state index contributed by atoms with van der Waals surface area (Å²) >= 11 is 0. The number of benzene rings is 1. The number of hydrogen-bond donors (Lipinski definition) is 1. The summed E-state index contributed by atoms with van der Waals surface area (Å²) in [6, 6.07) is 9.21. The molecule has 4 rings (SSSR count). The first-order valence-corrected chi connectivity index (χ1v) is 13.9. The van der Waals surface area contributed by atoms with Crippen LogP contribution < -0.4 is 10.5 Å². The molecule has 0 radical (unpaired) electrons. The van der Waals surface area contributed by atoms with Crippen LogP contribution in [0.1, 0.15) is 23.5 Å². The molecule has 2 aliphatic rings. The highest BCUT2D eigenvalue weighted by Gasteiger charge is 2.44. The first-order chi connectivity index (χ1) is 15.7. The average Bonchev–Trinajstić information content (AvgIpc) is 3.23. The van der Waals surface area contributed by atoms with E-state index < -0.39 is 26.1 Å². The lowest BCUT2D eigenvalue weighted by Gasteiger charge is -2.32. The molecule has 1 aromatic carbocycles. The Hall–Kier alpha value is -2.12. The third-order valence-electron chi connectivity index (χ3n) is 6.09. The molecule has 9 nitrogen and oxygen atoms in total. The lowest BCUT2D eigenvalue weighted by Crippen LogP contribution is -2.52. The predicted octanol–water partition coefficient (Wildman–Crippen LogP) is 0.892. The van der Waals surface area contributed by atoms with E-state index in [1.807, 2.05) is 0 Å². The van der Waals surface area contributed by atoms with E-state index in [0.29, 0.717) is 24.4 Å². The number of nitrogens with zero attached hydrogens (tertiary/aromatic N) is 3. The number of halogens is 1. The molecule has 2 unspecified atom stereocenters. The maximum absolute atomic E-state index is 14.5. The van der Waals surface area contributed by atoms with Gasteiger partial charge in [0.25, 0.3) is 10.2 Å². The Labute approximate surface area is 193 Å². The third kappa shape index (κ3) is 5.35. The van der Waals surface area contributed by atoms with Gasteiger partial charge in [0.2, 0.25) is 5.88 Å². The van der Waals surface area contributed by atoms with Crippen molar-refractivity contribution in [3.05, 3.63) is 59.5 Å². The molecule has 1 aromatic heterocycles. The number of hydrogen-bond acceptors (Lipinski definition) is 7. The molecular formula is C21H27FN4O5S2. The highest BCUT2D eigenvalue weighted by molar-refractivity contribution is 7.91. The van der Waals surface area contributed by atoms with E-state index in [2.05, 4.69) is 4.98 Å². The Kier molecular flexibility index (Phi) is 7.01. The Morgan fingerprint density at radius 2 is 1.91 bits per heavy atom. The highest BCUT2D eigenvalue weighted by Crippen LogP contribution is 2.36. The van der Waals surface area contributed by atoms with Crippen molar-refractivity contribution in [3.8, 4) is 5.88 Å². The fourth-order valence-electron chi connectivity index (χ4n) is 4.26. The van der Waals surface area contributed by atoms with Crippen LogP contribution in [0.15, 0.2) is 42.6 Å². The summed E-state index contributed by atoms with van der Waals surface area (Å²) in [6.45, 7) is 0.225. The van der Waals surface area contributed by atoms with Crippen molar-refractivity contribution in [1.82, 2.24) is 13.6 Å². The van der Waals surface area contributed by atoms with Gasteiger partial charge in [-0.1, -0.05) is 18.2 Å². The van der Waals surface area contributed by atoms with Crippen LogP contribution in [-0.4, -0.2) is 74.2 Å². The van der Waals surface area contributed by atoms with E-state index in [0.717, 1.165) is 5.56 Å². The predicted molar refractivity (Wildman–Crippen MR) is 121 cm³/mol. The third-order valence-corrected chi connectivity index (χ3v) is 9.76. The minimum absolute atomic E-state index is 0.0251. The van der Waals surface area contributed by atoms with Gasteiger partial charge in [-0.25, -0.2) is 17.8 Å². The van der Waals surface area contributed by atoms with E-state index in [1.54, 1.807) is 36.5 Å². The van der Waals surface area contributed by atoms with Gasteiger partial charge in [0, 0.05) is 44.4 Å². The molecule has 0 spiro atoms. The van der Waals surface area contributed by atoms with E-state index in [9.17, 15) is 21.2 Å². The quantitative estimate of drug-likeness (QED) is 0.601. The first-order valence-electron chi connectivity index (χ1n) is 10.7. The topological polar surface area (TPSA) is 123 Å². The molecule has 2 fully saturated rings. The van der Waals surface area contributed by atoms with Gasteiger partial charge in [0.15, 0.2) is 9.84 Å². The van der Waals surface area contributed by atoms with Crippen LogP contribution in [0.2, 0.25) is 0 Å². The Morgan fingerprint density at radius 3 is 2.61 bits per heavy atom. The standard InChI is InChI=1S/C21H27FN4O5S2/c22-20-4-2-1-3-19(20)17-12-18(15-31-21-11-16(13-23)5-6-24-21)26(14-17)33(29,30)25-7-9-32(27,28)10-8-25/h1-6,11,17-18H,7-10,12-15,23H2. The zero-order chi connectivity index (χ0) is 23.6. The van der Waals surface area contributed by atoms with Gasteiger partial charge in [0.05, 0.1) is 17.5 Å². The van der Waals surface area contributed by atoms with Gasteiger partial charge in [-0.3, -0.25) is 0 Å². The molecule has 180 valence electrons. The maximum Gasteiger partial charge on any atom is 0.282 e. The average molecular weight is 499 g/mol. The second kappa shape index (κ2) is 9.63. The van der Waals surface area contributed by atoms with Crippen LogP contribution in [0.5, 0.6) is 5.88 Å². The van der Waals surface area contributed by atoms with Crippen molar-refractivity contribution in [1.29, 1.82) is 0 Å². The summed E-state index contributed by atoms with van der Waals surface area (Å²) in [5.74, 6) is -0.843. The fraction of sp³-hybridized carbons (Fsp3) is 0.476. The number of rotatable bonds is 7. The van der Waals surface area contributed by atoms with Crippen LogP contribution in [0.3, 0.4) is 0 Å². The van der Waals surface area contributed by atoms with Gasteiger partial charge in [0.1, 0.15) is 12.4 Å². The van der Waals surface area contributed by atoms with Crippen molar-refractivity contribution >= 4 is 20.0 Å². The van der Waals surface area contributed by atoms with Gasteiger partial charge in [-0.05, 0) is 29.7 Å². The van der Waals surface area contributed by atoms with Crippen LogP contribution in [-0.2, 0) is 26.6 Å². The van der Waals surface area contributed by atoms with Crippen molar-refractivity contribution in [2.24, 2.45) is 5.73 Å². The van der Waals surface area contributed by atoms with E-state index in [-0.39, 0.29) is 49.5 Å². The Morgan fingerprint density at radius 1 is 1.18 bits per heavy atom. The normalized spacial score (nSPS) is 24.1. The monoisotopic (exact) mass is 498 g/mol. The lowest BCUT2D eigenvalue weighted by atomic mass is 9.96. The molecule has 12 heteroatoms. The summed E-state index contributed by atoms with van der Waals surface area (Å²) in [5, 5.41) is 0. The molecule has 2 atom stereocenters. The molecule has 2 aromatic rings. The molecule has 2 aliphatic heterocycles. The van der Waals surface area contributed by atoms with E-state index >= 15 is 0 Å². The second-order valence-corrected chi connectivity index (χ2v) is 12.4. The van der Waals surface area contributed by atoms with Crippen LogP contribution >= 0.6 is 0 Å². The maximum atomic E-state index is 14.5. The zero-order valence-electron chi connectivity index (χ0n) is 18.0. The molecule has 3 heterocycles. The molecule has 0 saturated carbocycles. The van der Waals surface area contributed by atoms with Crippen molar-refractivity contribution in [3.63, 3.8) is 0 Å². The van der Waals surface area contributed by atoms with Gasteiger partial charge in [-0.15, -0.1) is 0 Å². The van der Waals surface area contributed by atoms with Gasteiger partial charge >= 0.3 is 0 Å². The largest absolute Gasteiger partial charge is 0.476 e. The molecule has 2 N–H and O–H groups in total. The van der Waals surface area contributed by atoms with Gasteiger partial charge < -0.3 is 10.5 Å². The smallest absolute Gasteiger partial charge is 0.282 e. The molecule has 2 saturated heterocycles. The zero-order valence-corrected chi connectivity index (χ0v) is 19.6. The fourth-order valence-corrected chi connectivity index (χ4v) is 7.53. The van der Waals surface area contributed by atoms with Crippen molar-refractivity contribution < 1.29 is 26.0 Å². The number of pyridine rings is 1. The van der Waals surface area contributed by atoms with Gasteiger partial charge in [-0.2, -0.15) is 17.0 Å². The summed E-state index contributed by atoms with van der Waals surface area (Å²) in [5.41, 5.74) is 6.94. The molecule has 0 amide bonds.